The zero-order valence-electron chi connectivity index (χ0n) is 12.9. The molecule has 0 bridgehead atoms. The predicted octanol–water partition coefficient (Wildman–Crippen LogP) is 4.30. The van der Waals surface area contributed by atoms with Crippen molar-refractivity contribution < 1.29 is 37.2 Å². The molecule has 0 saturated heterocycles. The standard InChI is InChI=1S/C18H14N3O.Y/c1-11-6-3-4-7-13(11)16-12(2)21-22-17(16)15-10-20-18-14(15)8-5-9-19-18;/h3-5,7-10H,1-2H3,(H,19,20);/q-1;. The first-order chi connectivity index (χ1) is 10.8. The molecule has 111 valence electrons. The van der Waals surface area contributed by atoms with E-state index in [0.29, 0.717) is 0 Å². The van der Waals surface area contributed by atoms with Gasteiger partial charge in [-0.25, -0.2) is 4.98 Å². The van der Waals surface area contributed by atoms with Crippen molar-refractivity contribution in [3.05, 3.63) is 60.0 Å². The number of rotatable bonds is 2. The SMILES string of the molecule is Cc1[c-]cccc1-c1c(C)noc1-c1c[nH]c2ncccc12.[Y]. The number of aryl methyl sites for hydroxylation is 2. The van der Waals surface area contributed by atoms with Crippen molar-refractivity contribution in [2.24, 2.45) is 0 Å². The molecule has 0 saturated carbocycles. The predicted molar refractivity (Wildman–Crippen MR) is 85.3 cm³/mol. The number of nitrogens with one attached hydrogen (secondary N) is 1. The minimum Gasteiger partial charge on any atom is -0.356 e. The largest absolute Gasteiger partial charge is 0.356 e. The Morgan fingerprint density at radius 2 is 2.00 bits per heavy atom. The van der Waals surface area contributed by atoms with Crippen LogP contribution in [-0.4, -0.2) is 15.1 Å². The van der Waals surface area contributed by atoms with Gasteiger partial charge in [-0.3, -0.25) is 0 Å². The van der Waals surface area contributed by atoms with Gasteiger partial charge in [-0.05, 0) is 24.6 Å². The maximum atomic E-state index is 5.65. The van der Waals surface area contributed by atoms with Crippen molar-refractivity contribution in [1.82, 2.24) is 15.1 Å². The number of aromatic nitrogens is 3. The van der Waals surface area contributed by atoms with Crippen LogP contribution in [0, 0.1) is 19.9 Å². The maximum Gasteiger partial charge on any atom is 0.164 e. The van der Waals surface area contributed by atoms with Crippen LogP contribution in [0.1, 0.15) is 11.3 Å². The smallest absolute Gasteiger partial charge is 0.164 e. The fourth-order valence-corrected chi connectivity index (χ4v) is 2.81. The van der Waals surface area contributed by atoms with E-state index in [-0.39, 0.29) is 32.7 Å². The zero-order chi connectivity index (χ0) is 15.1. The number of hydrogen-bond acceptors (Lipinski definition) is 3. The molecular formula is C18H14N3OY-. The maximum absolute atomic E-state index is 5.65. The Kier molecular flexibility index (Phi) is 4.47. The van der Waals surface area contributed by atoms with Crippen molar-refractivity contribution in [2.45, 2.75) is 13.8 Å². The van der Waals surface area contributed by atoms with Crippen LogP contribution in [0.2, 0.25) is 0 Å². The van der Waals surface area contributed by atoms with E-state index in [1.807, 2.05) is 44.3 Å². The second-order valence-electron chi connectivity index (χ2n) is 5.28. The van der Waals surface area contributed by atoms with Gasteiger partial charge < -0.3 is 9.51 Å². The minimum atomic E-state index is 0. The summed E-state index contributed by atoms with van der Waals surface area (Å²) in [6.45, 7) is 4.00. The summed E-state index contributed by atoms with van der Waals surface area (Å²) in [5.41, 5.74) is 5.87. The van der Waals surface area contributed by atoms with Gasteiger partial charge in [-0.15, -0.1) is 5.56 Å². The first kappa shape index (κ1) is 16.1. The number of hydrogen-bond donors (Lipinski definition) is 1. The van der Waals surface area contributed by atoms with Crippen molar-refractivity contribution in [3.63, 3.8) is 0 Å². The molecule has 1 aromatic carbocycles. The van der Waals surface area contributed by atoms with Gasteiger partial charge in [0, 0.05) is 56.1 Å². The summed E-state index contributed by atoms with van der Waals surface area (Å²) < 4.78 is 5.65. The van der Waals surface area contributed by atoms with E-state index in [1.165, 1.54) is 0 Å². The molecule has 0 fully saturated rings. The number of pyridine rings is 1. The number of H-pyrrole nitrogens is 1. The molecule has 1 radical (unpaired) electrons. The average molecular weight is 377 g/mol. The first-order valence-corrected chi connectivity index (χ1v) is 7.12. The Hall–Kier alpha value is -1.78. The molecule has 4 nitrogen and oxygen atoms in total. The molecule has 3 aromatic heterocycles. The van der Waals surface area contributed by atoms with Gasteiger partial charge in [-0.1, -0.05) is 12.1 Å². The normalized spacial score (nSPS) is 10.7. The molecule has 23 heavy (non-hydrogen) atoms. The van der Waals surface area contributed by atoms with Crippen LogP contribution in [0.5, 0.6) is 0 Å². The van der Waals surface area contributed by atoms with Crippen LogP contribution < -0.4 is 0 Å². The molecule has 0 aliphatic rings. The Morgan fingerprint density at radius 3 is 2.83 bits per heavy atom. The summed E-state index contributed by atoms with van der Waals surface area (Å²) in [6, 6.07) is 13.2. The van der Waals surface area contributed by atoms with E-state index in [9.17, 15) is 0 Å². The van der Waals surface area contributed by atoms with E-state index in [2.05, 4.69) is 27.3 Å². The zero-order valence-corrected chi connectivity index (χ0v) is 15.8. The summed E-state index contributed by atoms with van der Waals surface area (Å²) in [5, 5.41) is 5.20. The molecule has 0 spiro atoms. The minimum absolute atomic E-state index is 0. The van der Waals surface area contributed by atoms with E-state index in [4.69, 9.17) is 4.52 Å². The molecule has 4 rings (SSSR count). The van der Waals surface area contributed by atoms with Gasteiger partial charge in [-0.2, -0.15) is 29.8 Å². The monoisotopic (exact) mass is 377 g/mol. The second kappa shape index (κ2) is 6.38. The van der Waals surface area contributed by atoms with Crippen LogP contribution in [0.25, 0.3) is 33.5 Å². The number of nitrogens with zero attached hydrogens (tertiary/aromatic N) is 2. The van der Waals surface area contributed by atoms with Gasteiger partial charge in [0.1, 0.15) is 5.65 Å². The van der Waals surface area contributed by atoms with Gasteiger partial charge in [0.25, 0.3) is 0 Å². The average Bonchev–Trinajstić information content (AvgIpc) is 3.11. The summed E-state index contributed by atoms with van der Waals surface area (Å²) in [6.07, 6.45) is 3.69. The van der Waals surface area contributed by atoms with Gasteiger partial charge in [0.2, 0.25) is 0 Å². The van der Waals surface area contributed by atoms with Crippen molar-refractivity contribution in [2.75, 3.05) is 0 Å². The molecule has 1 N–H and O–H groups in total. The molecule has 0 aliphatic carbocycles. The topological polar surface area (TPSA) is 54.7 Å². The molecule has 0 aliphatic heterocycles. The fraction of sp³-hybridized carbons (Fsp3) is 0.111. The Balaban J connectivity index is 0.00000156. The fourth-order valence-electron chi connectivity index (χ4n) is 2.81. The van der Waals surface area contributed by atoms with Crippen molar-refractivity contribution in [1.29, 1.82) is 0 Å². The molecule has 0 amide bonds. The molecular weight excluding hydrogens is 363 g/mol. The molecule has 3 heterocycles. The van der Waals surface area contributed by atoms with E-state index >= 15 is 0 Å². The van der Waals surface area contributed by atoms with Crippen LogP contribution in [0.4, 0.5) is 0 Å². The van der Waals surface area contributed by atoms with Gasteiger partial charge in [0.15, 0.2) is 5.76 Å². The Morgan fingerprint density at radius 1 is 1.13 bits per heavy atom. The third kappa shape index (κ3) is 2.66. The third-order valence-electron chi connectivity index (χ3n) is 3.89. The number of aromatic amines is 1. The number of fused-ring (bicyclic) bond motifs is 1. The van der Waals surface area contributed by atoms with Crippen molar-refractivity contribution >= 4 is 11.0 Å². The van der Waals surface area contributed by atoms with Gasteiger partial charge >= 0.3 is 0 Å². The second-order valence-corrected chi connectivity index (χ2v) is 5.28. The van der Waals surface area contributed by atoms with Crippen molar-refractivity contribution in [3.8, 4) is 22.5 Å². The van der Waals surface area contributed by atoms with Crippen LogP contribution >= 0.6 is 0 Å². The van der Waals surface area contributed by atoms with Crippen LogP contribution in [0.3, 0.4) is 0 Å². The van der Waals surface area contributed by atoms with E-state index in [1.54, 1.807) is 6.20 Å². The van der Waals surface area contributed by atoms with E-state index < -0.39 is 0 Å². The Labute approximate surface area is 159 Å². The summed E-state index contributed by atoms with van der Waals surface area (Å²) >= 11 is 0. The quantitative estimate of drug-likeness (QED) is 0.530. The summed E-state index contributed by atoms with van der Waals surface area (Å²) in [5.74, 6) is 0.763. The number of benzene rings is 1. The third-order valence-corrected chi connectivity index (χ3v) is 3.89. The molecule has 0 atom stereocenters. The summed E-state index contributed by atoms with van der Waals surface area (Å²) in [4.78, 5) is 7.51. The van der Waals surface area contributed by atoms with E-state index in [0.717, 1.165) is 44.7 Å². The van der Waals surface area contributed by atoms with Crippen LogP contribution in [0.15, 0.2) is 47.2 Å². The molecule has 5 heteroatoms. The summed E-state index contributed by atoms with van der Waals surface area (Å²) in [7, 11) is 0. The molecule has 4 aromatic rings. The van der Waals surface area contributed by atoms with Crippen LogP contribution in [-0.2, 0) is 32.7 Å². The Bertz CT molecular complexity index is 971. The first-order valence-electron chi connectivity index (χ1n) is 7.12. The molecule has 0 unspecified atom stereocenters. The van der Waals surface area contributed by atoms with Gasteiger partial charge in [0.05, 0.1) is 5.69 Å².